The number of hydrogen-bond acceptors (Lipinski definition) is 6. The first kappa shape index (κ1) is 32.8. The summed E-state index contributed by atoms with van der Waals surface area (Å²) in [6, 6.07) is 6.20. The van der Waals surface area contributed by atoms with Gasteiger partial charge in [-0.3, -0.25) is 19.9 Å². The monoisotopic (exact) mass is 608 g/mol. The summed E-state index contributed by atoms with van der Waals surface area (Å²) in [5.41, 5.74) is 2.25. The van der Waals surface area contributed by atoms with E-state index in [1.165, 1.54) is 0 Å². The largest absolute Gasteiger partial charge is 0.446 e. The quantitative estimate of drug-likeness (QED) is 0.186. The summed E-state index contributed by atoms with van der Waals surface area (Å²) in [4.78, 5) is 47.1. The van der Waals surface area contributed by atoms with Gasteiger partial charge < -0.3 is 15.0 Å². The number of anilines is 1. The minimum Gasteiger partial charge on any atom is -0.446 e. The van der Waals surface area contributed by atoms with E-state index in [1.54, 1.807) is 23.7 Å². The average molecular weight is 609 g/mol. The molecule has 9 heteroatoms. The van der Waals surface area contributed by atoms with Crippen LogP contribution in [0.15, 0.2) is 48.5 Å². The van der Waals surface area contributed by atoms with E-state index in [0.29, 0.717) is 25.1 Å². The summed E-state index contributed by atoms with van der Waals surface area (Å²) in [5.74, 6) is -0.170. The van der Waals surface area contributed by atoms with Crippen molar-refractivity contribution in [2.75, 3.05) is 24.7 Å². The van der Waals surface area contributed by atoms with Crippen molar-refractivity contribution in [1.82, 2.24) is 10.2 Å². The number of nitrogens with zero attached hydrogens (tertiary/aromatic N) is 2. The number of ether oxygens (including phenoxy) is 1. The molecule has 2 N–H and O–H groups in total. The number of benzene rings is 1. The molecule has 1 heterocycles. The first-order chi connectivity index (χ1) is 20.6. The molecule has 234 valence electrons. The Hall–Kier alpha value is -3.07. The zero-order valence-corrected chi connectivity index (χ0v) is 27.0. The van der Waals surface area contributed by atoms with Gasteiger partial charge in [0, 0.05) is 36.4 Å². The molecular weight excluding hydrogens is 560 g/mol. The van der Waals surface area contributed by atoms with Gasteiger partial charge in [-0.2, -0.15) is 0 Å². The Morgan fingerprint density at radius 3 is 2.60 bits per heavy atom. The summed E-state index contributed by atoms with van der Waals surface area (Å²) in [6.07, 6.45) is 8.60. The van der Waals surface area contributed by atoms with Gasteiger partial charge in [0.05, 0.1) is 23.6 Å². The molecule has 3 amide bonds. The fourth-order valence-corrected chi connectivity index (χ4v) is 7.53. The van der Waals surface area contributed by atoms with Crippen molar-refractivity contribution in [3.63, 3.8) is 0 Å². The molecule has 0 saturated heterocycles. The molecule has 4 rings (SSSR count). The van der Waals surface area contributed by atoms with Crippen LogP contribution in [-0.2, 0) is 14.3 Å². The van der Waals surface area contributed by atoms with E-state index in [-0.39, 0.29) is 29.3 Å². The number of allylic oxidation sites excluding steroid dienone is 1. The molecule has 0 bridgehead atoms. The number of carbonyl (C=O) groups excluding carboxylic acids is 3. The van der Waals surface area contributed by atoms with Crippen molar-refractivity contribution in [2.24, 2.45) is 22.7 Å². The van der Waals surface area contributed by atoms with Gasteiger partial charge >= 0.3 is 6.09 Å². The highest BCUT2D eigenvalue weighted by Crippen LogP contribution is 2.48. The van der Waals surface area contributed by atoms with Gasteiger partial charge in [-0.1, -0.05) is 32.1 Å². The maximum absolute atomic E-state index is 13.7. The molecule has 1 aromatic carbocycles. The maximum Gasteiger partial charge on any atom is 0.411 e. The van der Waals surface area contributed by atoms with Gasteiger partial charge in [-0.15, -0.1) is 24.9 Å². The zero-order valence-electron chi connectivity index (χ0n) is 26.2. The smallest absolute Gasteiger partial charge is 0.411 e. The minimum atomic E-state index is -0.587. The van der Waals surface area contributed by atoms with Gasteiger partial charge in [0.15, 0.2) is 0 Å². The molecular formula is C34H48N4O4S. The molecule has 1 unspecified atom stereocenters. The number of thioether (sulfide) groups is 1. The second kappa shape index (κ2) is 14.6. The van der Waals surface area contributed by atoms with Crippen LogP contribution in [0.3, 0.4) is 0 Å². The highest BCUT2D eigenvalue weighted by atomic mass is 32.2. The van der Waals surface area contributed by atoms with Crippen LogP contribution in [0.2, 0.25) is 0 Å². The molecule has 0 radical (unpaired) electrons. The third-order valence-electron chi connectivity index (χ3n) is 9.22. The number of rotatable bonds is 14. The third-order valence-corrected chi connectivity index (χ3v) is 10.4. The summed E-state index contributed by atoms with van der Waals surface area (Å²) >= 11 is 1.70. The Bertz CT molecular complexity index is 1250. The van der Waals surface area contributed by atoms with E-state index in [0.717, 1.165) is 60.4 Å². The molecule has 2 aliphatic carbocycles. The average Bonchev–Trinajstić information content (AvgIpc) is 3.28. The normalized spacial score (nSPS) is 27.6. The molecule has 6 atom stereocenters. The fourth-order valence-electron chi connectivity index (χ4n) is 6.31. The lowest BCUT2D eigenvalue weighted by Gasteiger charge is -2.26. The lowest BCUT2D eigenvalue weighted by atomic mass is 9.93. The predicted molar refractivity (Wildman–Crippen MR) is 176 cm³/mol. The van der Waals surface area contributed by atoms with Crippen LogP contribution in [0.4, 0.5) is 10.5 Å². The Kier molecular flexibility index (Phi) is 11.2. The van der Waals surface area contributed by atoms with Gasteiger partial charge in [0.2, 0.25) is 11.8 Å². The first-order valence-electron chi connectivity index (χ1n) is 15.7. The van der Waals surface area contributed by atoms with Crippen molar-refractivity contribution in [1.29, 1.82) is 0 Å². The van der Waals surface area contributed by atoms with Crippen LogP contribution in [0.1, 0.15) is 76.3 Å². The van der Waals surface area contributed by atoms with Crippen LogP contribution in [0.5, 0.6) is 0 Å². The zero-order chi connectivity index (χ0) is 31.1. The third kappa shape index (κ3) is 7.91. The molecule has 1 aromatic rings. The number of aliphatic imine (C=N–C) groups is 1. The van der Waals surface area contributed by atoms with E-state index >= 15 is 0 Å². The van der Waals surface area contributed by atoms with Crippen molar-refractivity contribution in [3.05, 3.63) is 54.6 Å². The Morgan fingerprint density at radius 1 is 1.19 bits per heavy atom. The van der Waals surface area contributed by atoms with Gasteiger partial charge in [-0.05, 0) is 76.0 Å². The number of nitrogens with one attached hydrogen (secondary N) is 2. The first-order valence-corrected chi connectivity index (χ1v) is 16.7. The summed E-state index contributed by atoms with van der Waals surface area (Å²) < 4.78 is 5.91. The number of amides is 3. The van der Waals surface area contributed by atoms with E-state index in [4.69, 9.17) is 9.73 Å². The van der Waals surface area contributed by atoms with Gasteiger partial charge in [-0.25, -0.2) is 4.79 Å². The maximum atomic E-state index is 13.7. The second-order valence-electron chi connectivity index (χ2n) is 12.3. The predicted octanol–water partition coefficient (Wildman–Crippen LogP) is 6.50. The molecule has 8 nitrogen and oxygen atoms in total. The number of hydrogen-bond donors (Lipinski definition) is 2. The van der Waals surface area contributed by atoms with Crippen LogP contribution in [-0.4, -0.2) is 64.9 Å². The Balaban J connectivity index is 1.46. The van der Waals surface area contributed by atoms with E-state index in [9.17, 15) is 14.4 Å². The molecule has 1 aliphatic heterocycles. The van der Waals surface area contributed by atoms with Crippen LogP contribution < -0.4 is 10.6 Å². The molecule has 43 heavy (non-hydrogen) atoms. The Morgan fingerprint density at radius 2 is 1.95 bits per heavy atom. The van der Waals surface area contributed by atoms with Crippen molar-refractivity contribution < 1.29 is 19.1 Å². The number of carbonyl (C=O) groups is 3. The summed E-state index contributed by atoms with van der Waals surface area (Å²) in [7, 11) is 1.79. The lowest BCUT2D eigenvalue weighted by molar-refractivity contribution is -0.140. The topological polar surface area (TPSA) is 100 Å². The van der Waals surface area contributed by atoms with Gasteiger partial charge in [0.1, 0.15) is 11.1 Å². The fraction of sp³-hybridized carbons (Fsp3) is 0.588. The van der Waals surface area contributed by atoms with Gasteiger partial charge in [0.25, 0.3) is 0 Å². The highest BCUT2D eigenvalue weighted by Gasteiger charge is 2.54. The second-order valence-corrected chi connectivity index (χ2v) is 13.3. The number of aryl methyl sites for hydroxylation is 1. The SMILES string of the molecule is C=CCCCCN(C)C(=O)[C@@H]1C[C@H](OC(=O)Nc2cc(C)ccc2C2=NC(CC)CS2)C[C@H]1C(=O)N[C@]1(CC)C[C@H]1C=C. The standard InChI is InChI=1S/C34H48N4O4S/c1-7-11-12-13-16-38(6)32(40)28-19-25(18-27(28)30(39)37-34(10-4)20-23(34)8-2)42-33(41)36-29-17-22(5)14-15-26(29)31-35-24(9-3)21-43-31/h7-8,14-15,17,23-25,27-28H,1-2,9-13,16,18-21H2,3-6H3,(H,36,41)(H,37,39)/t23-,24?,25-,27-,28-,34-/m1/s1. The molecule has 2 fully saturated rings. The van der Waals surface area contributed by atoms with Crippen LogP contribution in [0, 0.1) is 24.7 Å². The highest BCUT2D eigenvalue weighted by molar-refractivity contribution is 8.14. The van der Waals surface area contributed by atoms with E-state index < -0.39 is 24.0 Å². The van der Waals surface area contributed by atoms with Crippen molar-refractivity contribution >= 4 is 40.4 Å². The van der Waals surface area contributed by atoms with Crippen LogP contribution in [0.25, 0.3) is 0 Å². The van der Waals surface area contributed by atoms with Crippen LogP contribution >= 0.6 is 11.8 Å². The molecule has 3 aliphatic rings. The molecule has 0 aromatic heterocycles. The van der Waals surface area contributed by atoms with Crippen molar-refractivity contribution in [3.8, 4) is 0 Å². The summed E-state index contributed by atoms with van der Waals surface area (Å²) in [5, 5.41) is 7.11. The Labute approximate surface area is 261 Å². The molecule has 2 saturated carbocycles. The van der Waals surface area contributed by atoms with E-state index in [1.807, 2.05) is 37.3 Å². The molecule has 0 spiro atoms. The summed E-state index contributed by atoms with van der Waals surface area (Å²) in [6.45, 7) is 14.4. The minimum absolute atomic E-state index is 0.0744. The van der Waals surface area contributed by atoms with Crippen molar-refractivity contribution in [2.45, 2.75) is 89.8 Å². The number of unbranched alkanes of at least 4 members (excludes halogenated alkanes) is 2. The van der Waals surface area contributed by atoms with E-state index in [2.05, 4.69) is 37.6 Å². The lowest BCUT2D eigenvalue weighted by Crippen LogP contribution is -2.45.